The van der Waals surface area contributed by atoms with Crippen molar-refractivity contribution in [2.24, 2.45) is 11.8 Å². The number of nitrogens with zero attached hydrogens (tertiary/aromatic N) is 3. The number of rotatable bonds is 6. The second-order valence-corrected chi connectivity index (χ2v) is 7.48. The maximum absolute atomic E-state index is 12.9. The Bertz CT molecular complexity index is 555. The molecule has 0 bridgehead atoms. The number of piperazine rings is 1. The number of likely N-dealkylation sites (N-methyl/N-ethyl adjacent to an activating group) is 1. The van der Waals surface area contributed by atoms with E-state index in [1.165, 1.54) is 12.1 Å². The molecule has 4 nitrogen and oxygen atoms in total. The quantitative estimate of drug-likeness (QED) is 0.847. The van der Waals surface area contributed by atoms with Crippen LogP contribution in [0.2, 0.25) is 0 Å². The highest BCUT2D eigenvalue weighted by atomic mass is 19.1. The highest BCUT2D eigenvalue weighted by molar-refractivity contribution is 5.48. The predicted octanol–water partition coefficient (Wildman–Crippen LogP) is 1.63. The summed E-state index contributed by atoms with van der Waals surface area (Å²) >= 11 is 0. The molecule has 0 spiro atoms. The first kappa shape index (κ1) is 18.5. The number of hydrogen-bond acceptors (Lipinski definition) is 4. The van der Waals surface area contributed by atoms with Gasteiger partial charge in [0.05, 0.1) is 0 Å². The van der Waals surface area contributed by atoms with Crippen LogP contribution in [0.4, 0.5) is 4.39 Å². The van der Waals surface area contributed by atoms with Crippen LogP contribution in [0, 0.1) is 17.7 Å². The Morgan fingerprint density at radius 1 is 1.04 bits per heavy atom. The van der Waals surface area contributed by atoms with Crippen molar-refractivity contribution >= 4 is 6.08 Å². The van der Waals surface area contributed by atoms with Crippen LogP contribution in [-0.2, 0) is 0 Å². The monoisotopic (exact) mass is 347 g/mol. The second-order valence-electron chi connectivity index (χ2n) is 7.48. The molecule has 25 heavy (non-hydrogen) atoms. The van der Waals surface area contributed by atoms with Crippen LogP contribution < -0.4 is 0 Å². The average Bonchev–Trinajstić information content (AvgIpc) is 3.00. The van der Waals surface area contributed by atoms with Crippen LogP contribution >= 0.6 is 0 Å². The molecule has 0 amide bonds. The Hall–Kier alpha value is -1.27. The zero-order chi connectivity index (χ0) is 17.6. The van der Waals surface area contributed by atoms with Crippen molar-refractivity contribution < 1.29 is 9.50 Å². The summed E-state index contributed by atoms with van der Waals surface area (Å²) in [6.45, 7) is 8.81. The summed E-state index contributed by atoms with van der Waals surface area (Å²) in [4.78, 5) is 7.34. The van der Waals surface area contributed by atoms with Crippen molar-refractivity contribution in [1.29, 1.82) is 0 Å². The highest BCUT2D eigenvalue weighted by Gasteiger charge is 2.33. The van der Waals surface area contributed by atoms with Gasteiger partial charge >= 0.3 is 0 Å². The minimum absolute atomic E-state index is 0.200. The number of benzene rings is 1. The molecule has 138 valence electrons. The van der Waals surface area contributed by atoms with Gasteiger partial charge in [-0.25, -0.2) is 4.39 Å². The lowest BCUT2D eigenvalue weighted by Crippen LogP contribution is -2.47. The van der Waals surface area contributed by atoms with Crippen LogP contribution in [-0.4, -0.2) is 85.8 Å². The zero-order valence-corrected chi connectivity index (χ0v) is 15.1. The molecule has 2 atom stereocenters. The molecule has 2 heterocycles. The number of aliphatic hydroxyl groups is 1. The van der Waals surface area contributed by atoms with E-state index in [4.69, 9.17) is 0 Å². The third-order valence-electron chi connectivity index (χ3n) is 5.52. The van der Waals surface area contributed by atoms with E-state index in [9.17, 15) is 9.50 Å². The second kappa shape index (κ2) is 8.90. The van der Waals surface area contributed by atoms with E-state index in [1.807, 2.05) is 6.08 Å². The van der Waals surface area contributed by atoms with Gasteiger partial charge in [0.25, 0.3) is 0 Å². The fraction of sp³-hybridized carbons (Fsp3) is 0.600. The van der Waals surface area contributed by atoms with Gasteiger partial charge in [0.1, 0.15) is 5.82 Å². The van der Waals surface area contributed by atoms with Crippen molar-refractivity contribution in [3.63, 3.8) is 0 Å². The number of hydrogen-bond donors (Lipinski definition) is 1. The largest absolute Gasteiger partial charge is 0.396 e. The molecule has 2 fully saturated rings. The molecule has 2 saturated heterocycles. The van der Waals surface area contributed by atoms with Gasteiger partial charge in [0.15, 0.2) is 0 Å². The van der Waals surface area contributed by atoms with E-state index in [1.54, 1.807) is 12.1 Å². The van der Waals surface area contributed by atoms with Gasteiger partial charge in [-0.2, -0.15) is 0 Å². The fourth-order valence-electron chi connectivity index (χ4n) is 3.87. The molecule has 3 rings (SSSR count). The third-order valence-corrected chi connectivity index (χ3v) is 5.52. The zero-order valence-electron chi connectivity index (χ0n) is 15.1. The molecule has 0 aromatic heterocycles. The lowest BCUT2D eigenvalue weighted by atomic mass is 9.96. The van der Waals surface area contributed by atoms with E-state index in [2.05, 4.69) is 27.8 Å². The van der Waals surface area contributed by atoms with Gasteiger partial charge in [-0.3, -0.25) is 4.90 Å². The average molecular weight is 347 g/mol. The first-order valence-electron chi connectivity index (χ1n) is 9.30. The SMILES string of the molecule is CN1CCN(C[C@@H]2CN(C/C=C/c3ccc(F)cc3)C[C@@H]2CO)CC1. The van der Waals surface area contributed by atoms with Crippen LogP contribution in [0.3, 0.4) is 0 Å². The summed E-state index contributed by atoms with van der Waals surface area (Å²) in [7, 11) is 2.18. The molecule has 2 aliphatic rings. The van der Waals surface area contributed by atoms with Crippen molar-refractivity contribution in [2.45, 2.75) is 0 Å². The molecule has 1 N–H and O–H groups in total. The summed E-state index contributed by atoms with van der Waals surface area (Å²) in [5.41, 5.74) is 1.02. The van der Waals surface area contributed by atoms with Crippen LogP contribution in [0.15, 0.2) is 30.3 Å². The molecule has 0 aliphatic carbocycles. The molecule has 0 saturated carbocycles. The van der Waals surface area contributed by atoms with E-state index in [0.29, 0.717) is 11.8 Å². The molecule has 0 radical (unpaired) electrons. The van der Waals surface area contributed by atoms with Gasteiger partial charge in [-0.15, -0.1) is 0 Å². The molecule has 1 aromatic rings. The molecule has 0 unspecified atom stereocenters. The Morgan fingerprint density at radius 2 is 1.72 bits per heavy atom. The standard InChI is InChI=1S/C20H30FN3O/c1-22-9-11-23(12-10-22)13-18-14-24(15-19(18)16-25)8-2-3-17-4-6-20(21)7-5-17/h2-7,18-19,25H,8-16H2,1H3/b3-2+/t18-,19-/m1/s1. The van der Waals surface area contributed by atoms with Crippen molar-refractivity contribution in [1.82, 2.24) is 14.7 Å². The van der Waals surface area contributed by atoms with Crippen LogP contribution in [0.25, 0.3) is 6.08 Å². The lowest BCUT2D eigenvalue weighted by Gasteiger charge is -2.34. The molecule has 1 aromatic carbocycles. The highest BCUT2D eigenvalue weighted by Crippen LogP contribution is 2.24. The lowest BCUT2D eigenvalue weighted by molar-refractivity contribution is 0.116. The maximum Gasteiger partial charge on any atom is 0.123 e. The van der Waals surface area contributed by atoms with E-state index >= 15 is 0 Å². The smallest absolute Gasteiger partial charge is 0.123 e. The Labute approximate surface area is 150 Å². The molecule has 2 aliphatic heterocycles. The fourth-order valence-corrected chi connectivity index (χ4v) is 3.87. The Kier molecular flexibility index (Phi) is 6.59. The van der Waals surface area contributed by atoms with Crippen molar-refractivity contribution in [2.75, 3.05) is 66.0 Å². The Balaban J connectivity index is 1.48. The maximum atomic E-state index is 12.9. The number of aliphatic hydroxyl groups excluding tert-OH is 1. The first-order chi connectivity index (χ1) is 12.1. The number of likely N-dealkylation sites (tertiary alicyclic amines) is 1. The summed E-state index contributed by atoms with van der Waals surface area (Å²) < 4.78 is 12.9. The first-order valence-corrected chi connectivity index (χ1v) is 9.30. The van der Waals surface area contributed by atoms with Gasteiger partial charge in [0, 0.05) is 59.0 Å². The predicted molar refractivity (Wildman–Crippen MR) is 99.9 cm³/mol. The molecule has 5 heteroatoms. The minimum atomic E-state index is -0.200. The van der Waals surface area contributed by atoms with Crippen molar-refractivity contribution in [3.05, 3.63) is 41.7 Å². The summed E-state index contributed by atoms with van der Waals surface area (Å²) in [5.74, 6) is 0.723. The van der Waals surface area contributed by atoms with E-state index < -0.39 is 0 Å². The van der Waals surface area contributed by atoms with Crippen LogP contribution in [0.1, 0.15) is 5.56 Å². The topological polar surface area (TPSA) is 30.0 Å². The number of halogens is 1. The van der Waals surface area contributed by atoms with Gasteiger partial charge < -0.3 is 14.9 Å². The summed E-state index contributed by atoms with van der Waals surface area (Å²) in [6.07, 6.45) is 4.18. The van der Waals surface area contributed by atoms with Crippen molar-refractivity contribution in [3.8, 4) is 0 Å². The van der Waals surface area contributed by atoms with Gasteiger partial charge in [-0.05, 0) is 36.6 Å². The molecular weight excluding hydrogens is 317 g/mol. The third kappa shape index (κ3) is 5.35. The van der Waals surface area contributed by atoms with Crippen LogP contribution in [0.5, 0.6) is 0 Å². The van der Waals surface area contributed by atoms with E-state index in [-0.39, 0.29) is 12.4 Å². The molecular formula is C20H30FN3O. The summed E-state index contributed by atoms with van der Waals surface area (Å²) in [6, 6.07) is 6.57. The van der Waals surface area contributed by atoms with Gasteiger partial charge in [0.2, 0.25) is 0 Å². The minimum Gasteiger partial charge on any atom is -0.396 e. The summed E-state index contributed by atoms with van der Waals surface area (Å²) in [5, 5.41) is 9.75. The normalized spacial score (nSPS) is 26.7. The van der Waals surface area contributed by atoms with Gasteiger partial charge in [-0.1, -0.05) is 24.3 Å². The Morgan fingerprint density at radius 3 is 2.40 bits per heavy atom. The van der Waals surface area contributed by atoms with E-state index in [0.717, 1.165) is 57.9 Å².